The van der Waals surface area contributed by atoms with Crippen molar-refractivity contribution in [1.29, 1.82) is 0 Å². The van der Waals surface area contributed by atoms with Crippen LogP contribution in [-0.4, -0.2) is 54.9 Å². The first kappa shape index (κ1) is 20.3. The summed E-state index contributed by atoms with van der Waals surface area (Å²) in [7, 11) is 0. The average Bonchev–Trinajstić information content (AvgIpc) is 3.57. The molecule has 9 nitrogen and oxygen atoms in total. The fourth-order valence-corrected chi connectivity index (χ4v) is 4.19. The number of fused-ring (bicyclic) bond motifs is 1. The third-order valence-corrected chi connectivity index (χ3v) is 5.87. The van der Waals surface area contributed by atoms with Crippen molar-refractivity contribution in [3.05, 3.63) is 54.7 Å². The molecule has 3 atom stereocenters. The molecule has 1 aliphatic rings. The first-order chi connectivity index (χ1) is 15.6. The van der Waals surface area contributed by atoms with Crippen LogP contribution < -0.4 is 5.32 Å². The van der Waals surface area contributed by atoms with E-state index in [1.807, 2.05) is 53.2 Å². The Bertz CT molecular complexity index is 1200. The van der Waals surface area contributed by atoms with Gasteiger partial charge in [0.1, 0.15) is 5.52 Å². The molecule has 0 bridgehead atoms. The number of para-hydroxylation sites is 2. The van der Waals surface area contributed by atoms with Crippen LogP contribution in [0.5, 0.6) is 0 Å². The monoisotopic (exact) mass is 433 g/mol. The number of carbonyl (C=O) groups excluding carboxylic acids is 1. The van der Waals surface area contributed by atoms with Crippen LogP contribution in [-0.2, 0) is 4.79 Å². The van der Waals surface area contributed by atoms with Gasteiger partial charge in [0, 0.05) is 17.2 Å². The van der Waals surface area contributed by atoms with Crippen molar-refractivity contribution in [2.75, 3.05) is 6.61 Å². The van der Waals surface area contributed by atoms with E-state index in [0.717, 1.165) is 40.8 Å². The molecule has 2 aromatic heterocycles. The van der Waals surface area contributed by atoms with Gasteiger partial charge in [-0.15, -0.1) is 5.10 Å². The molecule has 3 unspecified atom stereocenters. The highest BCUT2D eigenvalue weighted by atomic mass is 16.3. The standard InChI is InChI=1S/C23H23N5O4/c29-13-20(30)22(31)25-16-9-10-17(11-16)28-19(12-24-27-28)14-5-7-15(8-6-14)23-26-18-3-1-2-4-21(18)32-23/h1-8,12,16-17,20,29-30H,9-11,13H2,(H,25,31). The van der Waals surface area contributed by atoms with Crippen molar-refractivity contribution in [2.45, 2.75) is 37.5 Å². The van der Waals surface area contributed by atoms with E-state index in [0.29, 0.717) is 12.3 Å². The Morgan fingerprint density at radius 2 is 1.94 bits per heavy atom. The highest BCUT2D eigenvalue weighted by Gasteiger charge is 2.30. The highest BCUT2D eigenvalue weighted by molar-refractivity contribution is 5.81. The lowest BCUT2D eigenvalue weighted by molar-refractivity contribution is -0.131. The van der Waals surface area contributed by atoms with Crippen LogP contribution in [0.4, 0.5) is 0 Å². The van der Waals surface area contributed by atoms with Gasteiger partial charge in [0.05, 0.1) is 24.5 Å². The summed E-state index contributed by atoms with van der Waals surface area (Å²) in [6.45, 7) is -0.589. The Morgan fingerprint density at radius 3 is 2.72 bits per heavy atom. The second kappa shape index (κ2) is 8.52. The van der Waals surface area contributed by atoms with Crippen molar-refractivity contribution in [3.63, 3.8) is 0 Å². The molecule has 1 amide bonds. The molecule has 4 aromatic rings. The minimum absolute atomic E-state index is 0.0766. The van der Waals surface area contributed by atoms with Gasteiger partial charge in [0.2, 0.25) is 5.89 Å². The number of rotatable bonds is 6. The Morgan fingerprint density at radius 1 is 1.16 bits per heavy atom. The molecular weight excluding hydrogens is 410 g/mol. The van der Waals surface area contributed by atoms with Crippen LogP contribution in [0.1, 0.15) is 25.3 Å². The zero-order chi connectivity index (χ0) is 22.1. The van der Waals surface area contributed by atoms with Crippen LogP contribution in [0.25, 0.3) is 33.8 Å². The molecule has 32 heavy (non-hydrogen) atoms. The normalized spacial score (nSPS) is 19.3. The van der Waals surface area contributed by atoms with E-state index in [1.54, 1.807) is 6.20 Å². The molecule has 2 aromatic carbocycles. The van der Waals surface area contributed by atoms with Crippen LogP contribution in [0.15, 0.2) is 59.1 Å². The predicted octanol–water partition coefficient (Wildman–Crippen LogP) is 2.32. The van der Waals surface area contributed by atoms with Gasteiger partial charge in [-0.25, -0.2) is 9.67 Å². The number of benzene rings is 2. The summed E-state index contributed by atoms with van der Waals surface area (Å²) in [6, 6.07) is 15.6. The molecule has 5 rings (SSSR count). The molecule has 0 saturated heterocycles. The fraction of sp³-hybridized carbons (Fsp3) is 0.304. The number of hydrogen-bond acceptors (Lipinski definition) is 7. The summed E-state index contributed by atoms with van der Waals surface area (Å²) in [5, 5.41) is 29.6. The summed E-state index contributed by atoms with van der Waals surface area (Å²) in [4.78, 5) is 16.4. The van der Waals surface area contributed by atoms with E-state index in [1.165, 1.54) is 0 Å². The topological polar surface area (TPSA) is 126 Å². The molecule has 0 spiro atoms. The van der Waals surface area contributed by atoms with Gasteiger partial charge in [-0.3, -0.25) is 4.79 Å². The first-order valence-corrected chi connectivity index (χ1v) is 10.6. The van der Waals surface area contributed by atoms with E-state index in [2.05, 4.69) is 20.6 Å². The van der Waals surface area contributed by atoms with Gasteiger partial charge >= 0.3 is 0 Å². The first-order valence-electron chi connectivity index (χ1n) is 10.6. The molecule has 0 radical (unpaired) electrons. The highest BCUT2D eigenvalue weighted by Crippen LogP contribution is 2.34. The lowest BCUT2D eigenvalue weighted by Crippen LogP contribution is -2.41. The molecule has 1 aliphatic carbocycles. The van der Waals surface area contributed by atoms with Crippen molar-refractivity contribution in [3.8, 4) is 22.7 Å². The van der Waals surface area contributed by atoms with Gasteiger partial charge in [-0.2, -0.15) is 0 Å². The minimum Gasteiger partial charge on any atom is -0.436 e. The Kier molecular flexibility index (Phi) is 5.42. The molecule has 3 N–H and O–H groups in total. The van der Waals surface area contributed by atoms with Crippen molar-refractivity contribution in [2.24, 2.45) is 0 Å². The Hall–Kier alpha value is -3.56. The SMILES string of the molecule is O=C(NC1CCC(n2nncc2-c2ccc(-c3nc4ccccc4o3)cc2)C1)C(O)CO. The van der Waals surface area contributed by atoms with Gasteiger partial charge in [0.15, 0.2) is 11.7 Å². The lowest BCUT2D eigenvalue weighted by Gasteiger charge is -2.16. The molecular formula is C23H23N5O4. The second-order valence-electron chi connectivity index (χ2n) is 8.00. The van der Waals surface area contributed by atoms with E-state index in [9.17, 15) is 9.90 Å². The smallest absolute Gasteiger partial charge is 0.251 e. The molecule has 2 heterocycles. The Balaban J connectivity index is 1.32. The third kappa shape index (κ3) is 3.88. The van der Waals surface area contributed by atoms with Crippen molar-refractivity contribution < 1.29 is 19.4 Å². The maximum Gasteiger partial charge on any atom is 0.251 e. The zero-order valence-electron chi connectivity index (χ0n) is 17.3. The predicted molar refractivity (Wildman–Crippen MR) is 116 cm³/mol. The second-order valence-corrected chi connectivity index (χ2v) is 8.00. The molecule has 164 valence electrons. The summed E-state index contributed by atoms with van der Waals surface area (Å²) < 4.78 is 7.74. The van der Waals surface area contributed by atoms with Crippen LogP contribution in [0.2, 0.25) is 0 Å². The Labute approximate surface area is 183 Å². The summed E-state index contributed by atoms with van der Waals surface area (Å²) in [5.74, 6) is 0.0237. The van der Waals surface area contributed by atoms with Gasteiger partial charge in [-0.1, -0.05) is 29.5 Å². The maximum absolute atomic E-state index is 11.8. The molecule has 1 fully saturated rings. The number of aliphatic hydroxyl groups excluding tert-OH is 2. The number of carbonyl (C=O) groups is 1. The van der Waals surface area contributed by atoms with E-state index < -0.39 is 18.6 Å². The maximum atomic E-state index is 11.8. The van der Waals surface area contributed by atoms with Crippen molar-refractivity contribution in [1.82, 2.24) is 25.3 Å². The minimum atomic E-state index is -1.39. The molecule has 1 saturated carbocycles. The number of aromatic nitrogens is 4. The van der Waals surface area contributed by atoms with E-state index in [-0.39, 0.29) is 12.1 Å². The molecule has 9 heteroatoms. The molecule has 0 aliphatic heterocycles. The quantitative estimate of drug-likeness (QED) is 0.426. The number of hydrogen-bond donors (Lipinski definition) is 3. The number of amides is 1. The summed E-state index contributed by atoms with van der Waals surface area (Å²) in [5.41, 5.74) is 4.32. The van der Waals surface area contributed by atoms with Crippen LogP contribution in [0, 0.1) is 0 Å². The van der Waals surface area contributed by atoms with Crippen molar-refractivity contribution >= 4 is 17.0 Å². The van der Waals surface area contributed by atoms with E-state index >= 15 is 0 Å². The van der Waals surface area contributed by atoms with Crippen LogP contribution >= 0.6 is 0 Å². The largest absolute Gasteiger partial charge is 0.436 e. The van der Waals surface area contributed by atoms with Gasteiger partial charge < -0.3 is 19.9 Å². The summed E-state index contributed by atoms with van der Waals surface area (Å²) >= 11 is 0. The number of aliphatic hydroxyl groups is 2. The number of nitrogens with one attached hydrogen (secondary N) is 1. The van der Waals surface area contributed by atoms with Gasteiger partial charge in [0.25, 0.3) is 5.91 Å². The lowest BCUT2D eigenvalue weighted by atomic mass is 10.1. The van der Waals surface area contributed by atoms with Crippen LogP contribution in [0.3, 0.4) is 0 Å². The average molecular weight is 433 g/mol. The number of oxazole rings is 1. The zero-order valence-corrected chi connectivity index (χ0v) is 17.3. The van der Waals surface area contributed by atoms with E-state index in [4.69, 9.17) is 9.52 Å². The fourth-order valence-electron chi connectivity index (χ4n) is 4.19. The number of nitrogens with zero attached hydrogens (tertiary/aromatic N) is 4. The third-order valence-electron chi connectivity index (χ3n) is 5.87. The summed E-state index contributed by atoms with van der Waals surface area (Å²) in [6.07, 6.45) is 2.62. The van der Waals surface area contributed by atoms with Gasteiger partial charge in [-0.05, 0) is 43.5 Å².